The van der Waals surface area contributed by atoms with Crippen LogP contribution in [0.5, 0.6) is 0 Å². The monoisotopic (exact) mass is 222 g/mol. The molecular formula is C12H15ClN2. The smallest absolute Gasteiger partial charge is 0.0774 e. The zero-order valence-corrected chi connectivity index (χ0v) is 9.37. The van der Waals surface area contributed by atoms with Crippen LogP contribution >= 0.6 is 11.6 Å². The molecule has 0 radical (unpaired) electrons. The fourth-order valence-electron chi connectivity index (χ4n) is 2.88. The van der Waals surface area contributed by atoms with Crippen LogP contribution in [0.4, 0.5) is 5.69 Å². The second-order valence-corrected chi connectivity index (χ2v) is 4.95. The highest BCUT2D eigenvalue weighted by Crippen LogP contribution is 2.39. The molecule has 2 atom stereocenters. The lowest BCUT2D eigenvalue weighted by atomic mass is 9.96. The minimum Gasteiger partial charge on any atom is -0.353 e. The predicted octanol–water partition coefficient (Wildman–Crippen LogP) is 2.54. The van der Waals surface area contributed by atoms with Gasteiger partial charge in [-0.2, -0.15) is 0 Å². The highest BCUT2D eigenvalue weighted by molar-refractivity contribution is 6.30. The van der Waals surface area contributed by atoms with E-state index in [0.29, 0.717) is 6.04 Å². The van der Waals surface area contributed by atoms with Crippen molar-refractivity contribution >= 4 is 17.3 Å². The van der Waals surface area contributed by atoms with Gasteiger partial charge in [0.15, 0.2) is 0 Å². The molecule has 0 bridgehead atoms. The summed E-state index contributed by atoms with van der Waals surface area (Å²) in [6, 6.07) is 6.82. The van der Waals surface area contributed by atoms with Crippen molar-refractivity contribution in [3.63, 3.8) is 0 Å². The molecule has 3 heteroatoms. The fourth-order valence-corrected chi connectivity index (χ4v) is 3.05. The number of nitrogens with two attached hydrogens (primary N) is 1. The Morgan fingerprint density at radius 3 is 3.00 bits per heavy atom. The van der Waals surface area contributed by atoms with Crippen molar-refractivity contribution in [2.45, 2.75) is 37.9 Å². The normalized spacial score (nSPS) is 28.8. The summed E-state index contributed by atoms with van der Waals surface area (Å²) in [7, 11) is 0. The van der Waals surface area contributed by atoms with Crippen molar-refractivity contribution < 1.29 is 0 Å². The van der Waals surface area contributed by atoms with E-state index in [1.165, 1.54) is 30.5 Å². The van der Waals surface area contributed by atoms with Crippen molar-refractivity contribution in [1.29, 1.82) is 0 Å². The van der Waals surface area contributed by atoms with Crippen LogP contribution in [-0.2, 0) is 6.42 Å². The van der Waals surface area contributed by atoms with Crippen molar-refractivity contribution in [1.82, 2.24) is 0 Å². The second kappa shape index (κ2) is 3.39. The minimum atomic E-state index is 0.188. The first-order valence-electron chi connectivity index (χ1n) is 5.58. The zero-order chi connectivity index (χ0) is 10.4. The molecule has 0 amide bonds. The van der Waals surface area contributed by atoms with Gasteiger partial charge in [0.25, 0.3) is 0 Å². The molecule has 0 saturated carbocycles. The molecule has 1 aromatic rings. The number of hydrogen-bond acceptors (Lipinski definition) is 2. The summed E-state index contributed by atoms with van der Waals surface area (Å²) in [5.41, 5.74) is 8.80. The predicted molar refractivity (Wildman–Crippen MR) is 63.2 cm³/mol. The Hall–Kier alpha value is -0.730. The number of benzene rings is 1. The number of aryl methyl sites for hydroxylation is 1. The van der Waals surface area contributed by atoms with E-state index in [4.69, 9.17) is 17.3 Å². The molecule has 1 saturated heterocycles. The van der Waals surface area contributed by atoms with Crippen molar-refractivity contribution in [3.05, 3.63) is 28.8 Å². The topological polar surface area (TPSA) is 29.3 Å². The maximum atomic E-state index is 6.14. The van der Waals surface area contributed by atoms with Gasteiger partial charge in [-0.05, 0) is 43.4 Å². The van der Waals surface area contributed by atoms with Gasteiger partial charge < -0.3 is 10.6 Å². The molecule has 3 rings (SSSR count). The van der Waals surface area contributed by atoms with E-state index in [2.05, 4.69) is 17.0 Å². The van der Waals surface area contributed by atoms with E-state index in [-0.39, 0.29) is 6.17 Å². The lowest BCUT2D eigenvalue weighted by molar-refractivity contribution is 0.566. The third kappa shape index (κ3) is 1.44. The van der Waals surface area contributed by atoms with Crippen LogP contribution < -0.4 is 10.6 Å². The van der Waals surface area contributed by atoms with E-state index in [9.17, 15) is 0 Å². The van der Waals surface area contributed by atoms with Crippen LogP contribution in [0.2, 0.25) is 5.02 Å². The lowest BCUT2D eigenvalue weighted by Gasteiger charge is -2.36. The largest absolute Gasteiger partial charge is 0.353 e. The zero-order valence-electron chi connectivity index (χ0n) is 8.62. The molecular weight excluding hydrogens is 208 g/mol. The molecule has 80 valence electrons. The molecule has 0 spiro atoms. The third-order valence-electron chi connectivity index (χ3n) is 3.62. The molecule has 2 nitrogen and oxygen atoms in total. The molecule has 2 heterocycles. The average Bonchev–Trinajstić information content (AvgIpc) is 2.60. The Bertz CT molecular complexity index is 391. The first-order valence-corrected chi connectivity index (χ1v) is 5.96. The minimum absolute atomic E-state index is 0.188. The number of halogens is 1. The molecule has 0 aromatic heterocycles. The Morgan fingerprint density at radius 2 is 2.13 bits per heavy atom. The highest BCUT2D eigenvalue weighted by Gasteiger charge is 2.35. The number of nitrogens with zero attached hydrogens (tertiary/aromatic N) is 1. The SMILES string of the molecule is NC1CCC2CCc3ccc(Cl)cc3N12. The molecule has 1 aromatic carbocycles. The second-order valence-electron chi connectivity index (χ2n) is 4.52. The molecule has 2 aliphatic heterocycles. The average molecular weight is 223 g/mol. The van der Waals surface area contributed by atoms with Gasteiger partial charge in [0, 0.05) is 16.8 Å². The summed E-state index contributed by atoms with van der Waals surface area (Å²) in [6.45, 7) is 0. The van der Waals surface area contributed by atoms with Gasteiger partial charge in [-0.3, -0.25) is 0 Å². The van der Waals surface area contributed by atoms with Gasteiger partial charge in [0.05, 0.1) is 6.17 Å². The number of rotatable bonds is 0. The van der Waals surface area contributed by atoms with E-state index in [0.717, 1.165) is 11.4 Å². The Morgan fingerprint density at radius 1 is 1.27 bits per heavy atom. The van der Waals surface area contributed by atoms with Crippen molar-refractivity contribution in [3.8, 4) is 0 Å². The maximum Gasteiger partial charge on any atom is 0.0774 e. The first-order chi connectivity index (χ1) is 7.25. The van der Waals surface area contributed by atoms with Crippen LogP contribution in [0, 0.1) is 0 Å². The molecule has 2 unspecified atom stereocenters. The van der Waals surface area contributed by atoms with E-state index in [1.807, 2.05) is 6.07 Å². The van der Waals surface area contributed by atoms with Crippen molar-refractivity contribution in [2.24, 2.45) is 5.73 Å². The standard InChI is InChI=1S/C12H15ClN2/c13-9-3-1-8-2-4-10-5-6-12(14)15(10)11(8)7-9/h1,3,7,10,12H,2,4-6,14H2. The molecule has 0 aliphatic carbocycles. The summed E-state index contributed by atoms with van der Waals surface area (Å²) in [4.78, 5) is 2.37. The van der Waals surface area contributed by atoms with Gasteiger partial charge in [-0.1, -0.05) is 17.7 Å². The summed E-state index contributed by atoms with van der Waals surface area (Å²) in [5.74, 6) is 0. The van der Waals surface area contributed by atoms with E-state index < -0.39 is 0 Å². The van der Waals surface area contributed by atoms with Gasteiger partial charge in [-0.25, -0.2) is 0 Å². The Labute approximate surface area is 95.0 Å². The van der Waals surface area contributed by atoms with Gasteiger partial charge in [-0.15, -0.1) is 0 Å². The third-order valence-corrected chi connectivity index (χ3v) is 3.85. The van der Waals surface area contributed by atoms with Crippen LogP contribution in [-0.4, -0.2) is 12.2 Å². The number of anilines is 1. The summed E-state index contributed by atoms with van der Waals surface area (Å²) in [5, 5.41) is 0.813. The van der Waals surface area contributed by atoms with E-state index >= 15 is 0 Å². The molecule has 2 N–H and O–H groups in total. The van der Waals surface area contributed by atoms with E-state index in [1.54, 1.807) is 0 Å². The number of fused-ring (bicyclic) bond motifs is 3. The summed E-state index contributed by atoms with van der Waals surface area (Å²) >= 11 is 6.05. The molecule has 15 heavy (non-hydrogen) atoms. The van der Waals surface area contributed by atoms with Crippen LogP contribution in [0.3, 0.4) is 0 Å². The molecule has 2 aliphatic rings. The van der Waals surface area contributed by atoms with Crippen molar-refractivity contribution in [2.75, 3.05) is 4.90 Å². The van der Waals surface area contributed by atoms with Gasteiger partial charge in [0.2, 0.25) is 0 Å². The fraction of sp³-hybridized carbons (Fsp3) is 0.500. The van der Waals surface area contributed by atoms with Crippen LogP contribution in [0.1, 0.15) is 24.8 Å². The maximum absolute atomic E-state index is 6.14. The lowest BCUT2D eigenvalue weighted by Crippen LogP contribution is -2.44. The Balaban J connectivity index is 2.08. The summed E-state index contributed by atoms with van der Waals surface area (Å²) in [6.07, 6.45) is 4.93. The Kier molecular flexibility index (Phi) is 2.15. The van der Waals surface area contributed by atoms with Gasteiger partial charge in [0.1, 0.15) is 0 Å². The first kappa shape index (κ1) is 9.49. The van der Waals surface area contributed by atoms with Gasteiger partial charge >= 0.3 is 0 Å². The molecule has 1 fully saturated rings. The highest BCUT2D eigenvalue weighted by atomic mass is 35.5. The summed E-state index contributed by atoms with van der Waals surface area (Å²) < 4.78 is 0. The number of hydrogen-bond donors (Lipinski definition) is 1. The van der Waals surface area contributed by atoms with Crippen LogP contribution in [0.25, 0.3) is 0 Å². The van der Waals surface area contributed by atoms with Crippen LogP contribution in [0.15, 0.2) is 18.2 Å². The quantitative estimate of drug-likeness (QED) is 0.731.